The highest BCUT2D eigenvalue weighted by Gasteiger charge is 2.33. The van der Waals surface area contributed by atoms with Gasteiger partial charge in [0.05, 0.1) is 12.6 Å². The summed E-state index contributed by atoms with van der Waals surface area (Å²) in [5, 5.41) is 0. The van der Waals surface area contributed by atoms with Crippen LogP contribution in [0, 0.1) is 5.92 Å². The number of piperidine rings is 1. The molecule has 2 aliphatic rings. The van der Waals surface area contributed by atoms with E-state index in [9.17, 15) is 14.4 Å². The Morgan fingerprint density at radius 3 is 2.33 bits per heavy atom. The van der Waals surface area contributed by atoms with Crippen molar-refractivity contribution in [3.63, 3.8) is 0 Å². The molecule has 2 fully saturated rings. The van der Waals surface area contributed by atoms with Gasteiger partial charge in [-0.2, -0.15) is 0 Å². The fourth-order valence-electron chi connectivity index (χ4n) is 3.12. The molecule has 5 N–H and O–H groups in total. The number of nitrogens with zero attached hydrogens (tertiary/aromatic N) is 2. The van der Waals surface area contributed by atoms with Crippen molar-refractivity contribution in [2.45, 2.75) is 31.7 Å². The average Bonchev–Trinajstić information content (AvgIpc) is 2.95. The maximum atomic E-state index is 12.3. The predicted octanol–water partition coefficient (Wildman–Crippen LogP) is -1.84. The van der Waals surface area contributed by atoms with Crippen LogP contribution in [0.5, 0.6) is 0 Å². The van der Waals surface area contributed by atoms with Crippen LogP contribution < -0.4 is 17.0 Å². The number of hydrazine groups is 1. The monoisotopic (exact) mass is 297 g/mol. The van der Waals surface area contributed by atoms with Gasteiger partial charge in [0.2, 0.25) is 17.7 Å². The van der Waals surface area contributed by atoms with E-state index < -0.39 is 0 Å². The van der Waals surface area contributed by atoms with Gasteiger partial charge >= 0.3 is 0 Å². The summed E-state index contributed by atoms with van der Waals surface area (Å²) in [5.41, 5.74) is 7.50. The first kappa shape index (κ1) is 15.7. The minimum atomic E-state index is -0.362. The maximum absolute atomic E-state index is 12.3. The number of likely N-dealkylation sites (tertiary alicyclic amines) is 2. The highest BCUT2D eigenvalue weighted by atomic mass is 16.2. The lowest BCUT2D eigenvalue weighted by atomic mass is 9.96. The lowest BCUT2D eigenvalue weighted by molar-refractivity contribution is -0.137. The van der Waals surface area contributed by atoms with Gasteiger partial charge in [-0.15, -0.1) is 0 Å². The second kappa shape index (κ2) is 6.86. The zero-order chi connectivity index (χ0) is 15.4. The van der Waals surface area contributed by atoms with Crippen molar-refractivity contribution in [1.29, 1.82) is 0 Å². The van der Waals surface area contributed by atoms with E-state index in [1.807, 2.05) is 4.90 Å². The number of carbonyl (C=O) groups is 3. The van der Waals surface area contributed by atoms with Crippen molar-refractivity contribution in [3.05, 3.63) is 0 Å². The van der Waals surface area contributed by atoms with Crippen LogP contribution in [-0.2, 0) is 14.4 Å². The number of hydrogen-bond acceptors (Lipinski definition) is 5. The molecule has 0 saturated carbocycles. The molecule has 2 saturated heterocycles. The third kappa shape index (κ3) is 3.70. The fourth-order valence-corrected chi connectivity index (χ4v) is 3.12. The standard InChI is InChI=1S/C13H23N5O3/c14-12(20)10-2-1-5-18(10)8-11(19)17-6-3-9(4-7-17)13(21)16-15/h9-10H,1-8,15H2,(H2,14,20)(H,16,21). The van der Waals surface area contributed by atoms with Crippen LogP contribution in [0.25, 0.3) is 0 Å². The van der Waals surface area contributed by atoms with Crippen LogP contribution in [0.3, 0.4) is 0 Å². The Morgan fingerprint density at radius 2 is 1.76 bits per heavy atom. The molecule has 21 heavy (non-hydrogen) atoms. The molecule has 3 amide bonds. The molecular weight excluding hydrogens is 274 g/mol. The summed E-state index contributed by atoms with van der Waals surface area (Å²) in [4.78, 5) is 38.6. The largest absolute Gasteiger partial charge is 0.368 e. The van der Waals surface area contributed by atoms with Crippen LogP contribution in [0.1, 0.15) is 25.7 Å². The highest BCUT2D eigenvalue weighted by molar-refractivity contribution is 5.83. The summed E-state index contributed by atoms with van der Waals surface area (Å²) in [6, 6.07) is -0.325. The molecule has 0 aromatic rings. The quantitative estimate of drug-likeness (QED) is 0.320. The van der Waals surface area contributed by atoms with Crippen molar-refractivity contribution in [2.75, 3.05) is 26.2 Å². The van der Waals surface area contributed by atoms with Gasteiger partial charge in [-0.25, -0.2) is 5.84 Å². The smallest absolute Gasteiger partial charge is 0.237 e. The molecule has 0 aliphatic carbocycles. The predicted molar refractivity (Wildman–Crippen MR) is 75.4 cm³/mol. The molecule has 2 heterocycles. The molecule has 2 aliphatic heterocycles. The van der Waals surface area contributed by atoms with Crippen molar-refractivity contribution < 1.29 is 14.4 Å². The lowest BCUT2D eigenvalue weighted by Crippen LogP contribution is -2.49. The van der Waals surface area contributed by atoms with Gasteiger partial charge in [-0.1, -0.05) is 0 Å². The van der Waals surface area contributed by atoms with E-state index in [0.717, 1.165) is 19.4 Å². The summed E-state index contributed by atoms with van der Waals surface area (Å²) in [5.74, 6) is 4.46. The second-order valence-corrected chi connectivity index (χ2v) is 5.69. The molecule has 2 rings (SSSR count). The summed E-state index contributed by atoms with van der Waals surface area (Å²) in [7, 11) is 0. The molecule has 0 spiro atoms. The van der Waals surface area contributed by atoms with Crippen LogP contribution in [0.2, 0.25) is 0 Å². The van der Waals surface area contributed by atoms with E-state index >= 15 is 0 Å². The van der Waals surface area contributed by atoms with E-state index in [2.05, 4.69) is 5.43 Å². The van der Waals surface area contributed by atoms with Crippen molar-refractivity contribution in [2.24, 2.45) is 17.5 Å². The molecule has 8 nitrogen and oxygen atoms in total. The Morgan fingerprint density at radius 1 is 1.10 bits per heavy atom. The minimum Gasteiger partial charge on any atom is -0.368 e. The second-order valence-electron chi connectivity index (χ2n) is 5.69. The molecule has 0 bridgehead atoms. The maximum Gasteiger partial charge on any atom is 0.237 e. The van der Waals surface area contributed by atoms with Gasteiger partial charge in [0, 0.05) is 19.0 Å². The Balaban J connectivity index is 1.82. The molecular formula is C13H23N5O3. The highest BCUT2D eigenvalue weighted by Crippen LogP contribution is 2.20. The Bertz CT molecular complexity index is 420. The van der Waals surface area contributed by atoms with E-state index in [4.69, 9.17) is 11.6 Å². The third-order valence-corrected chi connectivity index (χ3v) is 4.39. The van der Waals surface area contributed by atoms with Crippen molar-refractivity contribution >= 4 is 17.7 Å². The molecule has 8 heteroatoms. The number of nitrogens with one attached hydrogen (secondary N) is 1. The third-order valence-electron chi connectivity index (χ3n) is 4.39. The van der Waals surface area contributed by atoms with Gasteiger partial charge in [0.1, 0.15) is 0 Å². The number of hydrogen-bond donors (Lipinski definition) is 3. The summed E-state index contributed by atoms with van der Waals surface area (Å²) < 4.78 is 0. The first-order valence-electron chi connectivity index (χ1n) is 7.34. The summed E-state index contributed by atoms with van der Waals surface area (Å²) >= 11 is 0. The number of nitrogens with two attached hydrogens (primary N) is 2. The number of primary amides is 1. The van der Waals surface area contributed by atoms with Gasteiger partial charge in [-0.05, 0) is 32.2 Å². The first-order chi connectivity index (χ1) is 10.0. The Hall–Kier alpha value is -1.67. The van der Waals surface area contributed by atoms with Gasteiger partial charge < -0.3 is 10.6 Å². The lowest BCUT2D eigenvalue weighted by Gasteiger charge is -2.32. The number of rotatable bonds is 4. The zero-order valence-corrected chi connectivity index (χ0v) is 12.1. The van der Waals surface area contributed by atoms with E-state index in [1.54, 1.807) is 4.90 Å². The molecule has 0 aromatic carbocycles. The SMILES string of the molecule is NNC(=O)C1CCN(C(=O)CN2CCCC2C(N)=O)CC1. The Labute approximate surface area is 123 Å². The van der Waals surface area contributed by atoms with Crippen molar-refractivity contribution in [1.82, 2.24) is 15.2 Å². The summed E-state index contributed by atoms with van der Waals surface area (Å²) in [6.45, 7) is 2.05. The van der Waals surface area contributed by atoms with Crippen molar-refractivity contribution in [3.8, 4) is 0 Å². The van der Waals surface area contributed by atoms with E-state index in [0.29, 0.717) is 25.9 Å². The average molecular weight is 297 g/mol. The number of carbonyl (C=O) groups excluding carboxylic acids is 3. The van der Waals surface area contributed by atoms with E-state index in [1.165, 1.54) is 0 Å². The van der Waals surface area contributed by atoms with Gasteiger partial charge in [-0.3, -0.25) is 24.7 Å². The fraction of sp³-hybridized carbons (Fsp3) is 0.769. The first-order valence-corrected chi connectivity index (χ1v) is 7.34. The van der Waals surface area contributed by atoms with E-state index in [-0.39, 0.29) is 36.2 Å². The van der Waals surface area contributed by atoms with Gasteiger partial charge in [0.15, 0.2) is 0 Å². The molecule has 1 atom stereocenters. The van der Waals surface area contributed by atoms with Gasteiger partial charge in [0.25, 0.3) is 0 Å². The Kier molecular flexibility index (Phi) is 5.13. The molecule has 118 valence electrons. The zero-order valence-electron chi connectivity index (χ0n) is 12.1. The topological polar surface area (TPSA) is 122 Å². The molecule has 1 unspecified atom stereocenters. The minimum absolute atomic E-state index is 0.00485. The van der Waals surface area contributed by atoms with Crippen LogP contribution in [-0.4, -0.2) is 59.7 Å². The van der Waals surface area contributed by atoms with Crippen LogP contribution >= 0.6 is 0 Å². The van der Waals surface area contributed by atoms with Crippen LogP contribution in [0.4, 0.5) is 0 Å². The normalized spacial score (nSPS) is 24.0. The molecule has 0 aromatic heterocycles. The number of amides is 3. The van der Waals surface area contributed by atoms with Crippen LogP contribution in [0.15, 0.2) is 0 Å². The summed E-state index contributed by atoms with van der Waals surface area (Å²) in [6.07, 6.45) is 2.85. The molecule has 0 radical (unpaired) electrons.